The first kappa shape index (κ1) is 18.9. The van der Waals surface area contributed by atoms with Crippen LogP contribution >= 0.6 is 15.9 Å². The van der Waals surface area contributed by atoms with E-state index in [2.05, 4.69) is 20.9 Å². The Balaban J connectivity index is 2.19. The van der Waals surface area contributed by atoms with Gasteiger partial charge in [0.25, 0.3) is 0 Å². The maximum absolute atomic E-state index is 12.6. The molecule has 0 saturated carbocycles. The fraction of sp³-hybridized carbons (Fsp3) is 0.278. The van der Waals surface area contributed by atoms with E-state index >= 15 is 0 Å². The largest absolute Gasteiger partial charge is 0.465 e. The molecular formula is C18H18BrNO5. The normalized spacial score (nSPS) is 11.7. The Bertz CT molecular complexity index is 823. The van der Waals surface area contributed by atoms with E-state index < -0.39 is 23.8 Å². The molecule has 25 heavy (non-hydrogen) atoms. The Morgan fingerprint density at radius 2 is 1.68 bits per heavy atom. The zero-order valence-corrected chi connectivity index (χ0v) is 15.9. The molecule has 1 N–H and O–H groups in total. The molecule has 0 aliphatic heterocycles. The van der Waals surface area contributed by atoms with Crippen LogP contribution in [-0.2, 0) is 9.47 Å². The lowest BCUT2D eigenvalue weighted by molar-refractivity contribution is 0.0316. The molecule has 0 aliphatic rings. The number of methoxy groups -OCH3 is 1. The lowest BCUT2D eigenvalue weighted by Gasteiger charge is -2.12. The highest BCUT2D eigenvalue weighted by molar-refractivity contribution is 9.10. The number of aromatic nitrogens is 1. The number of aryl methyl sites for hydroxylation is 1. The van der Waals surface area contributed by atoms with Crippen molar-refractivity contribution in [2.24, 2.45) is 0 Å². The van der Waals surface area contributed by atoms with E-state index in [-0.39, 0.29) is 5.69 Å². The predicted molar refractivity (Wildman–Crippen MR) is 95.0 cm³/mol. The first-order valence-electron chi connectivity index (χ1n) is 7.54. The number of carbonyl (C=O) groups is 3. The van der Waals surface area contributed by atoms with Crippen LogP contribution in [0.25, 0.3) is 0 Å². The molecule has 2 rings (SSSR count). The number of carbonyl (C=O) groups excluding carboxylic acids is 3. The Hall–Kier alpha value is -2.41. The number of ether oxygens (including phenoxy) is 2. The summed E-state index contributed by atoms with van der Waals surface area (Å²) in [6.07, 6.45) is -1.00. The number of hydrogen-bond acceptors (Lipinski definition) is 5. The standard InChI is InChI=1S/C18H18BrNO5/c1-9-14(18(23)24-4)10(2)20-15(9)16(21)11(3)25-17(22)12-5-7-13(19)8-6-12/h5-8,11,20H,1-4H3/t11-/m1/s1. The zero-order chi connectivity index (χ0) is 18.7. The Kier molecular flexibility index (Phi) is 5.79. The fourth-order valence-corrected chi connectivity index (χ4v) is 2.74. The maximum Gasteiger partial charge on any atom is 0.339 e. The zero-order valence-electron chi connectivity index (χ0n) is 14.3. The smallest absolute Gasteiger partial charge is 0.339 e. The number of Topliss-reactive ketones (excluding diaryl/α,β-unsaturated/α-hetero) is 1. The van der Waals surface area contributed by atoms with Crippen LogP contribution in [0.15, 0.2) is 28.7 Å². The van der Waals surface area contributed by atoms with E-state index in [1.807, 2.05) is 0 Å². The van der Waals surface area contributed by atoms with Crippen molar-refractivity contribution in [3.8, 4) is 0 Å². The summed E-state index contributed by atoms with van der Waals surface area (Å²) in [7, 11) is 1.28. The second-order valence-electron chi connectivity index (χ2n) is 5.54. The molecule has 0 fully saturated rings. The Labute approximate surface area is 153 Å². The highest BCUT2D eigenvalue weighted by Gasteiger charge is 2.27. The van der Waals surface area contributed by atoms with Crippen molar-refractivity contribution in [2.45, 2.75) is 26.9 Å². The molecule has 1 atom stereocenters. The number of ketones is 1. The second kappa shape index (κ2) is 7.65. The van der Waals surface area contributed by atoms with E-state index in [1.54, 1.807) is 38.1 Å². The van der Waals surface area contributed by atoms with Gasteiger partial charge < -0.3 is 14.5 Å². The number of nitrogens with one attached hydrogen (secondary N) is 1. The minimum absolute atomic E-state index is 0.231. The van der Waals surface area contributed by atoms with Gasteiger partial charge in [-0.05, 0) is 50.6 Å². The van der Waals surface area contributed by atoms with Crippen molar-refractivity contribution in [1.82, 2.24) is 4.98 Å². The minimum Gasteiger partial charge on any atom is -0.465 e. The highest BCUT2D eigenvalue weighted by Crippen LogP contribution is 2.21. The van der Waals surface area contributed by atoms with Crippen LogP contribution in [0.2, 0.25) is 0 Å². The molecule has 2 aromatic rings. The van der Waals surface area contributed by atoms with Gasteiger partial charge in [-0.25, -0.2) is 9.59 Å². The second-order valence-corrected chi connectivity index (χ2v) is 6.45. The van der Waals surface area contributed by atoms with Gasteiger partial charge in [-0.1, -0.05) is 15.9 Å². The average Bonchev–Trinajstić information content (AvgIpc) is 2.88. The van der Waals surface area contributed by atoms with Crippen molar-refractivity contribution >= 4 is 33.7 Å². The fourth-order valence-electron chi connectivity index (χ4n) is 2.48. The van der Waals surface area contributed by atoms with Crippen LogP contribution in [0.1, 0.15) is 49.4 Å². The number of hydrogen-bond donors (Lipinski definition) is 1. The van der Waals surface area contributed by atoms with Gasteiger partial charge in [0.05, 0.1) is 23.9 Å². The maximum atomic E-state index is 12.6. The van der Waals surface area contributed by atoms with E-state index in [9.17, 15) is 14.4 Å². The number of H-pyrrole nitrogens is 1. The van der Waals surface area contributed by atoms with Crippen LogP contribution < -0.4 is 0 Å². The number of halogens is 1. The van der Waals surface area contributed by atoms with Gasteiger partial charge in [-0.3, -0.25) is 4.79 Å². The average molecular weight is 408 g/mol. The molecule has 0 radical (unpaired) electrons. The predicted octanol–water partition coefficient (Wildman–Crippen LogP) is 3.61. The van der Waals surface area contributed by atoms with Gasteiger partial charge in [0.2, 0.25) is 5.78 Å². The number of esters is 2. The van der Waals surface area contributed by atoms with E-state index in [1.165, 1.54) is 14.0 Å². The van der Waals surface area contributed by atoms with Crippen molar-refractivity contribution in [1.29, 1.82) is 0 Å². The van der Waals surface area contributed by atoms with Gasteiger partial charge in [0.15, 0.2) is 6.10 Å². The van der Waals surface area contributed by atoms with Crippen LogP contribution in [-0.4, -0.2) is 35.9 Å². The summed E-state index contributed by atoms with van der Waals surface area (Å²) in [5, 5.41) is 0. The quantitative estimate of drug-likeness (QED) is 0.604. The monoisotopic (exact) mass is 407 g/mol. The summed E-state index contributed by atoms with van der Waals surface area (Å²) >= 11 is 3.29. The molecule has 1 heterocycles. The first-order valence-corrected chi connectivity index (χ1v) is 8.33. The molecule has 0 saturated heterocycles. The van der Waals surface area contributed by atoms with Crippen LogP contribution in [0.3, 0.4) is 0 Å². The molecule has 0 bridgehead atoms. The molecule has 0 unspecified atom stereocenters. The van der Waals surface area contributed by atoms with Gasteiger partial charge in [-0.2, -0.15) is 0 Å². The summed E-state index contributed by atoms with van der Waals surface area (Å²) in [4.78, 5) is 39.4. The summed E-state index contributed by atoms with van der Waals surface area (Å²) in [6, 6.07) is 6.63. The van der Waals surface area contributed by atoms with Crippen LogP contribution in [0.5, 0.6) is 0 Å². The van der Waals surface area contributed by atoms with Gasteiger partial charge in [0, 0.05) is 10.2 Å². The Morgan fingerprint density at radius 3 is 2.24 bits per heavy atom. The molecule has 0 aliphatic carbocycles. The molecular weight excluding hydrogens is 390 g/mol. The summed E-state index contributed by atoms with van der Waals surface area (Å²) in [5.41, 5.74) is 1.89. The van der Waals surface area contributed by atoms with E-state index in [0.29, 0.717) is 22.4 Å². The molecule has 6 nitrogen and oxygen atoms in total. The molecule has 0 amide bonds. The number of aromatic amines is 1. The first-order chi connectivity index (χ1) is 11.8. The van der Waals surface area contributed by atoms with Gasteiger partial charge >= 0.3 is 11.9 Å². The lowest BCUT2D eigenvalue weighted by atomic mass is 10.1. The lowest BCUT2D eigenvalue weighted by Crippen LogP contribution is -2.25. The number of rotatable bonds is 5. The SMILES string of the molecule is COC(=O)c1c(C)[nH]c(C(=O)[C@@H](C)OC(=O)c2ccc(Br)cc2)c1C. The Morgan fingerprint density at radius 1 is 1.08 bits per heavy atom. The van der Waals surface area contributed by atoms with E-state index in [0.717, 1.165) is 4.47 Å². The van der Waals surface area contributed by atoms with Crippen LogP contribution in [0.4, 0.5) is 0 Å². The number of benzene rings is 1. The summed E-state index contributed by atoms with van der Waals surface area (Å²) in [5.74, 6) is -1.53. The summed E-state index contributed by atoms with van der Waals surface area (Å²) < 4.78 is 10.8. The highest BCUT2D eigenvalue weighted by atomic mass is 79.9. The molecule has 1 aromatic heterocycles. The molecule has 1 aromatic carbocycles. The third kappa shape index (κ3) is 3.99. The van der Waals surface area contributed by atoms with Crippen molar-refractivity contribution in [3.05, 3.63) is 56.8 Å². The van der Waals surface area contributed by atoms with Crippen molar-refractivity contribution in [2.75, 3.05) is 7.11 Å². The molecule has 0 spiro atoms. The molecule has 132 valence electrons. The van der Waals surface area contributed by atoms with Crippen molar-refractivity contribution in [3.63, 3.8) is 0 Å². The van der Waals surface area contributed by atoms with Gasteiger partial charge in [-0.15, -0.1) is 0 Å². The van der Waals surface area contributed by atoms with Gasteiger partial charge in [0.1, 0.15) is 0 Å². The molecule has 7 heteroatoms. The summed E-state index contributed by atoms with van der Waals surface area (Å²) in [6.45, 7) is 4.81. The van der Waals surface area contributed by atoms with Crippen LogP contribution in [0, 0.1) is 13.8 Å². The third-order valence-electron chi connectivity index (χ3n) is 3.81. The third-order valence-corrected chi connectivity index (χ3v) is 4.34. The van der Waals surface area contributed by atoms with E-state index in [4.69, 9.17) is 9.47 Å². The topological polar surface area (TPSA) is 85.5 Å². The minimum atomic E-state index is -1.00. The van der Waals surface area contributed by atoms with Crippen molar-refractivity contribution < 1.29 is 23.9 Å².